The third-order valence-corrected chi connectivity index (χ3v) is 4.22. The smallest absolute Gasteiger partial charge is 0.257 e. The molecule has 1 fully saturated rings. The molecule has 1 amide bonds. The second kappa shape index (κ2) is 9.23. The first-order valence-corrected chi connectivity index (χ1v) is 8.43. The van der Waals surface area contributed by atoms with Gasteiger partial charge in [-0.25, -0.2) is 0 Å². The van der Waals surface area contributed by atoms with E-state index in [-0.39, 0.29) is 12.5 Å². The van der Waals surface area contributed by atoms with Crippen molar-refractivity contribution >= 4 is 12.0 Å². The molecule has 1 N–H and O–H groups in total. The molecule has 1 aromatic rings. The summed E-state index contributed by atoms with van der Waals surface area (Å²) < 4.78 is 10.9. The van der Waals surface area contributed by atoms with Crippen molar-refractivity contribution in [3.8, 4) is 11.5 Å². The largest absolute Gasteiger partial charge is 0.493 e. The summed E-state index contributed by atoms with van der Waals surface area (Å²) in [7, 11) is 1.60. The third kappa shape index (κ3) is 5.62. The molecule has 1 aromatic carbocycles. The van der Waals surface area contributed by atoms with Crippen molar-refractivity contribution < 1.29 is 14.3 Å². The van der Waals surface area contributed by atoms with E-state index < -0.39 is 0 Å². The number of methoxy groups -OCH3 is 1. The summed E-state index contributed by atoms with van der Waals surface area (Å²) in [6.45, 7) is 2.75. The predicted molar refractivity (Wildman–Crippen MR) is 92.8 cm³/mol. The lowest BCUT2D eigenvalue weighted by molar-refractivity contribution is -0.123. The van der Waals surface area contributed by atoms with E-state index in [4.69, 9.17) is 9.47 Å². The van der Waals surface area contributed by atoms with Gasteiger partial charge in [0.1, 0.15) is 0 Å². The van der Waals surface area contributed by atoms with Crippen molar-refractivity contribution in [3.05, 3.63) is 29.8 Å². The highest BCUT2D eigenvalue weighted by atomic mass is 16.5. The van der Waals surface area contributed by atoms with Crippen molar-refractivity contribution in [1.29, 1.82) is 0 Å². The molecule has 4 nitrogen and oxygen atoms in total. The lowest BCUT2D eigenvalue weighted by Gasteiger charge is -2.21. The van der Waals surface area contributed by atoms with E-state index in [0.29, 0.717) is 17.4 Å². The molecule has 1 aliphatic rings. The lowest BCUT2D eigenvalue weighted by atomic mass is 9.89. The van der Waals surface area contributed by atoms with Crippen LogP contribution >= 0.6 is 0 Å². The van der Waals surface area contributed by atoms with Gasteiger partial charge < -0.3 is 14.8 Å². The van der Waals surface area contributed by atoms with E-state index in [9.17, 15) is 4.79 Å². The highest BCUT2D eigenvalue weighted by molar-refractivity contribution is 5.77. The van der Waals surface area contributed by atoms with Crippen LogP contribution in [-0.2, 0) is 4.79 Å². The van der Waals surface area contributed by atoms with Crippen molar-refractivity contribution in [1.82, 2.24) is 5.32 Å². The van der Waals surface area contributed by atoms with Gasteiger partial charge in [0, 0.05) is 6.54 Å². The summed E-state index contributed by atoms with van der Waals surface area (Å²) in [6.07, 6.45) is 10.3. The molecular weight excluding hydrogens is 290 g/mol. The summed E-state index contributed by atoms with van der Waals surface area (Å²) in [6, 6.07) is 5.68. The van der Waals surface area contributed by atoms with Crippen molar-refractivity contribution in [2.24, 2.45) is 5.92 Å². The normalized spacial score (nSPS) is 15.6. The number of amides is 1. The fraction of sp³-hybridized carbons (Fsp3) is 0.526. The number of hydrogen-bond acceptors (Lipinski definition) is 3. The molecule has 0 spiro atoms. The summed E-state index contributed by atoms with van der Waals surface area (Å²) in [5.74, 6) is 1.78. The number of allylic oxidation sites excluding steroid dienone is 1. The van der Waals surface area contributed by atoms with E-state index in [1.165, 1.54) is 32.1 Å². The molecule has 0 atom stereocenters. The average Bonchev–Trinajstić information content (AvgIpc) is 2.59. The Morgan fingerprint density at radius 2 is 2.04 bits per heavy atom. The fourth-order valence-electron chi connectivity index (χ4n) is 2.94. The van der Waals surface area contributed by atoms with Crippen LogP contribution < -0.4 is 14.8 Å². The third-order valence-electron chi connectivity index (χ3n) is 4.22. The number of carbonyl (C=O) groups is 1. The van der Waals surface area contributed by atoms with E-state index >= 15 is 0 Å². The van der Waals surface area contributed by atoms with E-state index in [0.717, 1.165) is 12.1 Å². The molecule has 4 heteroatoms. The Balaban J connectivity index is 1.81. The monoisotopic (exact) mass is 317 g/mol. The molecule has 0 aromatic heterocycles. The molecule has 126 valence electrons. The molecule has 0 bridgehead atoms. The fourth-order valence-corrected chi connectivity index (χ4v) is 2.94. The molecule has 0 saturated heterocycles. The number of hydrogen-bond donors (Lipinski definition) is 1. The Morgan fingerprint density at radius 3 is 2.74 bits per heavy atom. The molecule has 0 unspecified atom stereocenters. The first-order chi connectivity index (χ1) is 11.2. The van der Waals surface area contributed by atoms with Gasteiger partial charge in [-0.1, -0.05) is 37.5 Å². The van der Waals surface area contributed by atoms with Crippen LogP contribution in [0, 0.1) is 5.92 Å². The van der Waals surface area contributed by atoms with Gasteiger partial charge in [-0.05, 0) is 43.4 Å². The highest BCUT2D eigenvalue weighted by Gasteiger charge is 2.14. The summed E-state index contributed by atoms with van der Waals surface area (Å²) in [5.41, 5.74) is 1.04. The number of nitrogens with one attached hydrogen (secondary N) is 1. The molecule has 0 aliphatic heterocycles. The van der Waals surface area contributed by atoms with Gasteiger partial charge in [-0.3, -0.25) is 4.79 Å². The summed E-state index contributed by atoms with van der Waals surface area (Å²) >= 11 is 0. The van der Waals surface area contributed by atoms with Gasteiger partial charge in [-0.15, -0.1) is 0 Å². The topological polar surface area (TPSA) is 47.6 Å². The Bertz CT molecular complexity index is 533. The average molecular weight is 317 g/mol. The maximum atomic E-state index is 11.9. The standard InChI is InChI=1S/C19H27NO3/c1-3-7-15-10-11-17(18(12-15)22-2)23-14-19(21)20-13-16-8-5-4-6-9-16/h3,7,10-12,16H,4-6,8-9,13-14H2,1-2H3,(H,20,21)/b7-3+. The zero-order valence-corrected chi connectivity index (χ0v) is 14.1. The Hall–Kier alpha value is -1.97. The Kier molecular flexibility index (Phi) is 6.98. The van der Waals surface area contributed by atoms with E-state index in [1.807, 2.05) is 37.3 Å². The molecular formula is C19H27NO3. The lowest BCUT2D eigenvalue weighted by Crippen LogP contribution is -2.33. The van der Waals surface area contributed by atoms with Gasteiger partial charge in [0.25, 0.3) is 5.91 Å². The summed E-state index contributed by atoms with van der Waals surface area (Å²) in [5, 5.41) is 2.98. The predicted octanol–water partition coefficient (Wildman–Crippen LogP) is 3.80. The van der Waals surface area contributed by atoms with E-state index in [1.54, 1.807) is 7.11 Å². The van der Waals surface area contributed by atoms with Gasteiger partial charge in [-0.2, -0.15) is 0 Å². The van der Waals surface area contributed by atoms with Gasteiger partial charge in [0.15, 0.2) is 18.1 Å². The van der Waals surface area contributed by atoms with Crippen LogP contribution in [0.25, 0.3) is 6.08 Å². The van der Waals surface area contributed by atoms with Gasteiger partial charge >= 0.3 is 0 Å². The van der Waals surface area contributed by atoms with Crippen LogP contribution in [0.1, 0.15) is 44.6 Å². The van der Waals surface area contributed by atoms with Crippen LogP contribution in [-0.4, -0.2) is 26.2 Å². The number of ether oxygens (including phenoxy) is 2. The zero-order chi connectivity index (χ0) is 16.5. The molecule has 23 heavy (non-hydrogen) atoms. The second-order valence-electron chi connectivity index (χ2n) is 6.01. The zero-order valence-electron chi connectivity index (χ0n) is 14.1. The van der Waals surface area contributed by atoms with Crippen LogP contribution in [0.4, 0.5) is 0 Å². The minimum Gasteiger partial charge on any atom is -0.493 e. The summed E-state index contributed by atoms with van der Waals surface area (Å²) in [4.78, 5) is 11.9. The minimum atomic E-state index is -0.0739. The second-order valence-corrected chi connectivity index (χ2v) is 6.01. The quantitative estimate of drug-likeness (QED) is 0.832. The van der Waals surface area contributed by atoms with Gasteiger partial charge in [0.2, 0.25) is 0 Å². The number of rotatable bonds is 7. The Morgan fingerprint density at radius 1 is 1.26 bits per heavy atom. The maximum absolute atomic E-state index is 11.9. The molecule has 0 heterocycles. The molecule has 0 radical (unpaired) electrons. The first-order valence-electron chi connectivity index (χ1n) is 8.43. The van der Waals surface area contributed by atoms with Crippen LogP contribution in [0.2, 0.25) is 0 Å². The van der Waals surface area contributed by atoms with Gasteiger partial charge in [0.05, 0.1) is 7.11 Å². The molecule has 1 saturated carbocycles. The minimum absolute atomic E-state index is 0.0199. The van der Waals surface area contributed by atoms with Crippen LogP contribution in [0.15, 0.2) is 24.3 Å². The molecule has 2 rings (SSSR count). The van der Waals surface area contributed by atoms with E-state index in [2.05, 4.69) is 5.32 Å². The van der Waals surface area contributed by atoms with Crippen molar-refractivity contribution in [2.75, 3.05) is 20.3 Å². The number of benzene rings is 1. The highest BCUT2D eigenvalue weighted by Crippen LogP contribution is 2.28. The first kappa shape index (κ1) is 17.4. The van der Waals surface area contributed by atoms with Crippen LogP contribution in [0.3, 0.4) is 0 Å². The van der Waals surface area contributed by atoms with Crippen molar-refractivity contribution in [3.63, 3.8) is 0 Å². The SMILES string of the molecule is C/C=C/c1ccc(OCC(=O)NCC2CCCCC2)c(OC)c1. The maximum Gasteiger partial charge on any atom is 0.257 e. The van der Waals surface area contributed by atoms with Crippen molar-refractivity contribution in [2.45, 2.75) is 39.0 Å². The Labute approximate surface area is 138 Å². The molecule has 1 aliphatic carbocycles. The number of carbonyl (C=O) groups excluding carboxylic acids is 1. The van der Waals surface area contributed by atoms with Crippen LogP contribution in [0.5, 0.6) is 11.5 Å².